The molecule has 148 valence electrons. The van der Waals surface area contributed by atoms with Crippen LogP contribution in [0.1, 0.15) is 78.9 Å². The van der Waals surface area contributed by atoms with Crippen LogP contribution in [0.15, 0.2) is 22.8 Å². The second kappa shape index (κ2) is 9.07. The monoisotopic (exact) mass is 363 g/mol. The first-order valence-corrected chi connectivity index (χ1v) is 10.2. The first-order valence-electron chi connectivity index (χ1n) is 10.2. The van der Waals surface area contributed by atoms with E-state index in [1.54, 1.807) is 6.26 Å². The largest absolute Gasteiger partial charge is 0.467 e. The molecule has 0 spiro atoms. The maximum atomic E-state index is 12.5. The minimum atomic E-state index is -0.0736. The Hall–Kier alpha value is -1.29. The summed E-state index contributed by atoms with van der Waals surface area (Å²) in [6, 6.07) is 3.83. The van der Waals surface area contributed by atoms with Crippen molar-refractivity contribution in [2.24, 2.45) is 11.3 Å². The number of hydrogen-bond acceptors (Lipinski definition) is 3. The molecule has 2 rings (SSSR count). The van der Waals surface area contributed by atoms with Crippen LogP contribution in [-0.2, 0) is 16.1 Å². The highest BCUT2D eigenvalue weighted by molar-refractivity contribution is 5.75. The van der Waals surface area contributed by atoms with Gasteiger partial charge in [0.1, 0.15) is 5.76 Å². The second-order valence-corrected chi connectivity index (χ2v) is 8.97. The van der Waals surface area contributed by atoms with Crippen molar-refractivity contribution in [3.05, 3.63) is 24.2 Å². The molecule has 0 unspecified atom stereocenters. The fraction of sp³-hybridized carbons (Fsp3) is 0.773. The van der Waals surface area contributed by atoms with Gasteiger partial charge >= 0.3 is 0 Å². The van der Waals surface area contributed by atoms with E-state index in [4.69, 9.17) is 9.15 Å². The van der Waals surface area contributed by atoms with Gasteiger partial charge in [0.2, 0.25) is 5.91 Å². The first kappa shape index (κ1) is 21.0. The summed E-state index contributed by atoms with van der Waals surface area (Å²) in [7, 11) is 0. The van der Waals surface area contributed by atoms with Crippen LogP contribution in [0.4, 0.5) is 0 Å². The minimum absolute atomic E-state index is 0.0736. The van der Waals surface area contributed by atoms with Crippen LogP contribution < -0.4 is 0 Å². The average molecular weight is 364 g/mol. The molecule has 1 amide bonds. The van der Waals surface area contributed by atoms with E-state index in [0.29, 0.717) is 18.9 Å². The third-order valence-corrected chi connectivity index (χ3v) is 5.67. The summed E-state index contributed by atoms with van der Waals surface area (Å²) >= 11 is 0. The molecule has 0 aliphatic carbocycles. The molecule has 1 aliphatic heterocycles. The molecule has 0 N–H and O–H groups in total. The number of amides is 1. The van der Waals surface area contributed by atoms with Crippen molar-refractivity contribution in [1.29, 1.82) is 0 Å². The summed E-state index contributed by atoms with van der Waals surface area (Å²) in [4.78, 5) is 14.4. The van der Waals surface area contributed by atoms with Gasteiger partial charge in [-0.05, 0) is 63.0 Å². The summed E-state index contributed by atoms with van der Waals surface area (Å²) in [5.41, 5.74) is 0.192. The minimum Gasteiger partial charge on any atom is -0.467 e. The summed E-state index contributed by atoms with van der Waals surface area (Å²) in [6.07, 6.45) is 7.87. The van der Waals surface area contributed by atoms with Crippen LogP contribution in [0.25, 0.3) is 0 Å². The Morgan fingerprint density at radius 2 is 2.08 bits per heavy atom. The van der Waals surface area contributed by atoms with Gasteiger partial charge in [0, 0.05) is 19.6 Å². The molecule has 0 saturated carbocycles. The van der Waals surface area contributed by atoms with Crippen molar-refractivity contribution < 1.29 is 13.9 Å². The fourth-order valence-electron chi connectivity index (χ4n) is 4.21. The maximum absolute atomic E-state index is 12.5. The Balaban J connectivity index is 2.08. The molecule has 0 radical (unpaired) electrons. The Bertz CT molecular complexity index is 550. The number of furan rings is 1. The van der Waals surface area contributed by atoms with Gasteiger partial charge in [-0.15, -0.1) is 0 Å². The predicted octanol–water partition coefficient (Wildman–Crippen LogP) is 5.42. The van der Waals surface area contributed by atoms with Gasteiger partial charge in [-0.3, -0.25) is 4.79 Å². The van der Waals surface area contributed by atoms with Crippen molar-refractivity contribution in [2.45, 2.75) is 85.3 Å². The summed E-state index contributed by atoms with van der Waals surface area (Å²) in [5, 5.41) is 0. The Labute approximate surface area is 159 Å². The summed E-state index contributed by atoms with van der Waals surface area (Å²) < 4.78 is 11.5. The van der Waals surface area contributed by atoms with Gasteiger partial charge in [0.15, 0.2) is 0 Å². The predicted molar refractivity (Wildman–Crippen MR) is 105 cm³/mol. The molecule has 4 heteroatoms. The number of hydrogen-bond donors (Lipinski definition) is 0. The van der Waals surface area contributed by atoms with Crippen molar-refractivity contribution in [2.75, 3.05) is 13.2 Å². The van der Waals surface area contributed by atoms with E-state index in [0.717, 1.165) is 38.2 Å². The van der Waals surface area contributed by atoms with Crippen molar-refractivity contribution in [1.82, 2.24) is 4.90 Å². The lowest BCUT2D eigenvalue weighted by molar-refractivity contribution is -0.134. The van der Waals surface area contributed by atoms with Crippen LogP contribution in [0, 0.1) is 11.3 Å². The number of rotatable bonds is 9. The van der Waals surface area contributed by atoms with E-state index in [9.17, 15) is 4.79 Å². The topological polar surface area (TPSA) is 42.7 Å². The Morgan fingerprint density at radius 1 is 1.31 bits per heavy atom. The van der Waals surface area contributed by atoms with E-state index in [-0.39, 0.29) is 16.9 Å². The van der Waals surface area contributed by atoms with E-state index in [1.165, 1.54) is 12.8 Å². The lowest BCUT2D eigenvalue weighted by Crippen LogP contribution is -2.43. The van der Waals surface area contributed by atoms with Gasteiger partial charge in [0.25, 0.3) is 0 Å². The Kier molecular flexibility index (Phi) is 7.33. The van der Waals surface area contributed by atoms with Crippen molar-refractivity contribution in [3.63, 3.8) is 0 Å². The maximum Gasteiger partial charge on any atom is 0.222 e. The molecule has 0 aromatic carbocycles. The highest BCUT2D eigenvalue weighted by atomic mass is 16.5. The van der Waals surface area contributed by atoms with E-state index >= 15 is 0 Å². The molecule has 2 heterocycles. The van der Waals surface area contributed by atoms with E-state index in [2.05, 4.69) is 27.7 Å². The number of ether oxygens (including phenoxy) is 1. The first-order chi connectivity index (χ1) is 12.3. The Morgan fingerprint density at radius 3 is 2.65 bits per heavy atom. The smallest absolute Gasteiger partial charge is 0.222 e. The van der Waals surface area contributed by atoms with E-state index < -0.39 is 0 Å². The van der Waals surface area contributed by atoms with Crippen LogP contribution in [0.5, 0.6) is 0 Å². The van der Waals surface area contributed by atoms with Gasteiger partial charge in [-0.2, -0.15) is 0 Å². The molecule has 1 saturated heterocycles. The van der Waals surface area contributed by atoms with Gasteiger partial charge in [-0.1, -0.05) is 27.2 Å². The second-order valence-electron chi connectivity index (χ2n) is 8.97. The lowest BCUT2D eigenvalue weighted by Gasteiger charge is -2.46. The standard InChI is InChI=1S/C22H37NO3/c1-6-20(24)23(16-19-8-7-14-25-19)13-11-22(10-9-18(2)3)12-15-26-21(4,5)17-22/h7-8,14,18H,6,9-13,15-17H2,1-5H3/t22-/m1/s1. The number of carbonyl (C=O) groups is 1. The zero-order valence-corrected chi connectivity index (χ0v) is 17.3. The van der Waals surface area contributed by atoms with Crippen molar-refractivity contribution >= 4 is 5.91 Å². The van der Waals surface area contributed by atoms with E-state index in [1.807, 2.05) is 24.0 Å². The molecule has 1 aromatic rings. The molecule has 1 atom stereocenters. The molecule has 0 bridgehead atoms. The highest BCUT2D eigenvalue weighted by Gasteiger charge is 2.40. The molecule has 1 aliphatic rings. The van der Waals surface area contributed by atoms with Gasteiger partial charge in [0.05, 0.1) is 18.4 Å². The highest BCUT2D eigenvalue weighted by Crippen LogP contribution is 2.45. The quantitative estimate of drug-likeness (QED) is 0.588. The lowest BCUT2D eigenvalue weighted by atomic mass is 9.68. The number of nitrogens with zero attached hydrogens (tertiary/aromatic N) is 1. The van der Waals surface area contributed by atoms with Crippen LogP contribution >= 0.6 is 0 Å². The molecular weight excluding hydrogens is 326 g/mol. The summed E-state index contributed by atoms with van der Waals surface area (Å²) in [6.45, 7) is 13.1. The molecule has 1 aromatic heterocycles. The van der Waals surface area contributed by atoms with Crippen LogP contribution in [-0.4, -0.2) is 29.6 Å². The van der Waals surface area contributed by atoms with Crippen LogP contribution in [0.2, 0.25) is 0 Å². The normalized spacial score (nSPS) is 22.5. The SMILES string of the molecule is CCC(=O)N(CC[C@]1(CCC(C)C)CCOC(C)(C)C1)Cc1ccco1. The molecule has 4 nitrogen and oxygen atoms in total. The zero-order chi connectivity index (χ0) is 19.2. The van der Waals surface area contributed by atoms with Gasteiger partial charge < -0.3 is 14.1 Å². The third-order valence-electron chi connectivity index (χ3n) is 5.67. The average Bonchev–Trinajstić information content (AvgIpc) is 3.08. The fourth-order valence-corrected chi connectivity index (χ4v) is 4.21. The number of carbonyl (C=O) groups excluding carboxylic acids is 1. The van der Waals surface area contributed by atoms with Crippen LogP contribution in [0.3, 0.4) is 0 Å². The third kappa shape index (κ3) is 6.15. The zero-order valence-electron chi connectivity index (χ0n) is 17.3. The molecular formula is C22H37NO3. The molecule has 1 fully saturated rings. The van der Waals surface area contributed by atoms with Gasteiger partial charge in [-0.25, -0.2) is 0 Å². The molecule has 26 heavy (non-hydrogen) atoms. The van der Waals surface area contributed by atoms with Crippen molar-refractivity contribution in [3.8, 4) is 0 Å². The summed E-state index contributed by atoms with van der Waals surface area (Å²) in [5.74, 6) is 1.76.